The van der Waals surface area contributed by atoms with Gasteiger partial charge in [0, 0.05) is 6.54 Å². The van der Waals surface area contributed by atoms with Crippen molar-refractivity contribution in [2.24, 2.45) is 5.73 Å². The Morgan fingerprint density at radius 3 is 2.47 bits per heavy atom. The number of primary amides is 1. The summed E-state index contributed by atoms with van der Waals surface area (Å²) in [5.41, 5.74) is 5.07. The summed E-state index contributed by atoms with van der Waals surface area (Å²) in [6.07, 6.45) is 0.602. The van der Waals surface area contributed by atoms with Crippen molar-refractivity contribution in [2.45, 2.75) is 12.5 Å². The van der Waals surface area contributed by atoms with Crippen molar-refractivity contribution in [2.75, 3.05) is 18.1 Å². The van der Waals surface area contributed by atoms with E-state index in [1.165, 1.54) is 4.90 Å². The molecule has 0 saturated carbocycles. The Balaban J connectivity index is 2.29. The molecule has 1 unspecified atom stereocenters. The maximum absolute atomic E-state index is 11.4. The summed E-state index contributed by atoms with van der Waals surface area (Å²) in [6, 6.07) is -0.497. The molecular formula is C8H12N2O4S. The molecule has 1 saturated heterocycles. The standard InChI is InChI=1S/C8H12N2O4S/c9-8(14)5-1-2-10(5)6(11)3-15-4-7(12)13/h5H,1-4H2,(H2,9,14)(H,12,13). The number of carboxylic acids is 1. The molecule has 1 aliphatic rings. The molecule has 7 heteroatoms. The number of hydrogen-bond donors (Lipinski definition) is 2. The Bertz CT molecular complexity index is 294. The summed E-state index contributed by atoms with van der Waals surface area (Å²) < 4.78 is 0. The van der Waals surface area contributed by atoms with Crippen molar-refractivity contribution in [3.8, 4) is 0 Å². The molecule has 84 valence electrons. The number of carbonyl (C=O) groups excluding carboxylic acids is 2. The van der Waals surface area contributed by atoms with Gasteiger partial charge in [-0.2, -0.15) is 0 Å². The predicted molar refractivity (Wildman–Crippen MR) is 54.3 cm³/mol. The molecule has 1 aliphatic heterocycles. The first-order chi connectivity index (χ1) is 7.02. The van der Waals surface area contributed by atoms with Crippen molar-refractivity contribution in [1.29, 1.82) is 0 Å². The number of amides is 2. The van der Waals surface area contributed by atoms with Crippen LogP contribution in [0.3, 0.4) is 0 Å². The number of carboxylic acid groups (broad SMARTS) is 1. The lowest BCUT2D eigenvalue weighted by Gasteiger charge is -2.38. The number of rotatable bonds is 5. The molecule has 0 aliphatic carbocycles. The number of carbonyl (C=O) groups is 3. The molecule has 0 radical (unpaired) electrons. The van der Waals surface area contributed by atoms with E-state index in [1.54, 1.807) is 0 Å². The first-order valence-electron chi connectivity index (χ1n) is 4.40. The summed E-state index contributed by atoms with van der Waals surface area (Å²) in [5.74, 6) is -1.71. The van der Waals surface area contributed by atoms with E-state index in [2.05, 4.69) is 0 Å². The van der Waals surface area contributed by atoms with Crippen molar-refractivity contribution >= 4 is 29.5 Å². The van der Waals surface area contributed by atoms with E-state index < -0.39 is 17.9 Å². The van der Waals surface area contributed by atoms with Crippen molar-refractivity contribution < 1.29 is 19.5 Å². The number of nitrogens with zero attached hydrogens (tertiary/aromatic N) is 1. The van der Waals surface area contributed by atoms with Crippen LogP contribution in [0, 0.1) is 0 Å². The first kappa shape index (κ1) is 11.8. The zero-order valence-corrected chi connectivity index (χ0v) is 8.83. The van der Waals surface area contributed by atoms with Crippen LogP contribution in [0.4, 0.5) is 0 Å². The summed E-state index contributed by atoms with van der Waals surface area (Å²) in [5, 5.41) is 8.36. The van der Waals surface area contributed by atoms with Gasteiger partial charge >= 0.3 is 5.97 Å². The van der Waals surface area contributed by atoms with Gasteiger partial charge in [-0.3, -0.25) is 14.4 Å². The Morgan fingerprint density at radius 2 is 2.07 bits per heavy atom. The lowest BCUT2D eigenvalue weighted by Crippen LogP contribution is -2.57. The van der Waals surface area contributed by atoms with Gasteiger partial charge in [0.25, 0.3) is 0 Å². The molecule has 0 aromatic carbocycles. The normalized spacial score (nSPS) is 19.5. The minimum atomic E-state index is -0.956. The summed E-state index contributed by atoms with van der Waals surface area (Å²) in [6.45, 7) is 0.528. The maximum atomic E-state index is 11.4. The van der Waals surface area contributed by atoms with Crippen molar-refractivity contribution in [3.63, 3.8) is 0 Å². The highest BCUT2D eigenvalue weighted by Gasteiger charge is 2.35. The summed E-state index contributed by atoms with van der Waals surface area (Å²) in [7, 11) is 0. The van der Waals surface area contributed by atoms with Crippen LogP contribution in [0.2, 0.25) is 0 Å². The maximum Gasteiger partial charge on any atom is 0.313 e. The highest BCUT2D eigenvalue weighted by Crippen LogP contribution is 2.18. The second-order valence-corrected chi connectivity index (χ2v) is 4.17. The number of aliphatic carboxylic acids is 1. The smallest absolute Gasteiger partial charge is 0.313 e. The molecule has 6 nitrogen and oxygen atoms in total. The van der Waals surface area contributed by atoms with Crippen molar-refractivity contribution in [1.82, 2.24) is 4.90 Å². The largest absolute Gasteiger partial charge is 0.481 e. The monoisotopic (exact) mass is 232 g/mol. The SMILES string of the molecule is NC(=O)C1CCN1C(=O)CSCC(=O)O. The average Bonchev–Trinajstić information content (AvgIpc) is 1.99. The fourth-order valence-corrected chi connectivity index (χ4v) is 1.91. The van der Waals surface area contributed by atoms with Gasteiger partial charge in [0.15, 0.2) is 0 Å². The van der Waals surface area contributed by atoms with Gasteiger partial charge in [-0.15, -0.1) is 11.8 Å². The van der Waals surface area contributed by atoms with Crippen LogP contribution >= 0.6 is 11.8 Å². The van der Waals surface area contributed by atoms with Crippen LogP contribution in [0.15, 0.2) is 0 Å². The van der Waals surface area contributed by atoms with E-state index in [0.29, 0.717) is 13.0 Å². The first-order valence-corrected chi connectivity index (χ1v) is 5.56. The number of likely N-dealkylation sites (tertiary alicyclic amines) is 1. The fraction of sp³-hybridized carbons (Fsp3) is 0.625. The molecule has 1 atom stereocenters. The van der Waals surface area contributed by atoms with Crippen LogP contribution in [0.1, 0.15) is 6.42 Å². The van der Waals surface area contributed by atoms with Crippen LogP contribution in [-0.2, 0) is 14.4 Å². The Labute approximate surface area is 90.8 Å². The van der Waals surface area contributed by atoms with E-state index in [0.717, 1.165) is 11.8 Å². The second-order valence-electron chi connectivity index (χ2n) is 3.18. The van der Waals surface area contributed by atoms with E-state index >= 15 is 0 Å². The molecule has 1 heterocycles. The van der Waals surface area contributed by atoms with Gasteiger partial charge in [-0.25, -0.2) is 0 Å². The number of hydrogen-bond acceptors (Lipinski definition) is 4. The molecule has 0 spiro atoms. The second kappa shape index (κ2) is 5.01. The van der Waals surface area contributed by atoms with Gasteiger partial charge in [-0.05, 0) is 6.42 Å². The van der Waals surface area contributed by atoms with Crippen LogP contribution in [-0.4, -0.2) is 51.9 Å². The van der Waals surface area contributed by atoms with Gasteiger partial charge in [0.2, 0.25) is 11.8 Å². The Kier molecular flexibility index (Phi) is 3.96. The highest BCUT2D eigenvalue weighted by molar-refractivity contribution is 8.00. The lowest BCUT2D eigenvalue weighted by atomic mass is 10.0. The molecule has 1 fully saturated rings. The quantitative estimate of drug-likeness (QED) is 0.626. The molecule has 1 rings (SSSR count). The van der Waals surface area contributed by atoms with Gasteiger partial charge in [0.05, 0.1) is 11.5 Å². The fourth-order valence-electron chi connectivity index (χ4n) is 1.29. The van der Waals surface area contributed by atoms with Crippen LogP contribution in [0.25, 0.3) is 0 Å². The zero-order valence-electron chi connectivity index (χ0n) is 8.01. The van der Waals surface area contributed by atoms with E-state index in [-0.39, 0.29) is 17.4 Å². The lowest BCUT2D eigenvalue weighted by molar-refractivity contribution is -0.143. The van der Waals surface area contributed by atoms with Crippen molar-refractivity contribution in [3.05, 3.63) is 0 Å². The molecular weight excluding hydrogens is 220 g/mol. The van der Waals surface area contributed by atoms with E-state index in [9.17, 15) is 14.4 Å². The van der Waals surface area contributed by atoms with Gasteiger partial charge < -0.3 is 15.7 Å². The minimum absolute atomic E-state index is 0.0794. The van der Waals surface area contributed by atoms with Crippen LogP contribution in [0.5, 0.6) is 0 Å². The van der Waals surface area contributed by atoms with E-state index in [4.69, 9.17) is 10.8 Å². The molecule has 3 N–H and O–H groups in total. The predicted octanol–water partition coefficient (Wildman–Crippen LogP) is -1.11. The van der Waals surface area contributed by atoms with Gasteiger partial charge in [0.1, 0.15) is 6.04 Å². The topological polar surface area (TPSA) is 101 Å². The Hall–Kier alpha value is -1.24. The van der Waals surface area contributed by atoms with Crippen LogP contribution < -0.4 is 5.73 Å². The third kappa shape index (κ3) is 3.12. The van der Waals surface area contributed by atoms with E-state index in [1.807, 2.05) is 0 Å². The summed E-state index contributed by atoms with van der Waals surface area (Å²) in [4.78, 5) is 33.8. The zero-order chi connectivity index (χ0) is 11.4. The molecule has 0 aromatic rings. The molecule has 2 amide bonds. The van der Waals surface area contributed by atoms with Gasteiger partial charge in [-0.1, -0.05) is 0 Å². The third-order valence-electron chi connectivity index (χ3n) is 2.12. The molecule has 0 aromatic heterocycles. The average molecular weight is 232 g/mol. The molecule has 15 heavy (non-hydrogen) atoms. The number of nitrogens with two attached hydrogens (primary N) is 1. The summed E-state index contributed by atoms with van der Waals surface area (Å²) >= 11 is 1.02. The minimum Gasteiger partial charge on any atom is -0.481 e. The Morgan fingerprint density at radius 1 is 1.40 bits per heavy atom. The third-order valence-corrected chi connectivity index (χ3v) is 3.02. The number of thioether (sulfide) groups is 1. The molecule has 0 bridgehead atoms. The highest BCUT2D eigenvalue weighted by atomic mass is 32.2.